The topological polar surface area (TPSA) is 40.5 Å². The molecule has 1 N–H and O–H groups in total. The molecule has 1 aromatic carbocycles. The second-order valence-electron chi connectivity index (χ2n) is 3.45. The number of benzene rings is 1. The Balaban J connectivity index is 3.10. The summed E-state index contributed by atoms with van der Waals surface area (Å²) in [6.07, 6.45) is 0. The molecule has 15 heavy (non-hydrogen) atoms. The Morgan fingerprint density at radius 2 is 1.93 bits per heavy atom. The van der Waals surface area contributed by atoms with Gasteiger partial charge in [0, 0.05) is 13.1 Å². The third kappa shape index (κ3) is 2.29. The minimum Gasteiger partial charge on any atom is -0.507 e. The average Bonchev–Trinajstić information content (AvgIpc) is 2.19. The van der Waals surface area contributed by atoms with Crippen molar-refractivity contribution in [1.82, 2.24) is 4.90 Å². The molecule has 0 aliphatic carbocycles. The number of carbonyl (C=O) groups is 1. The highest BCUT2D eigenvalue weighted by molar-refractivity contribution is 5.98. The summed E-state index contributed by atoms with van der Waals surface area (Å²) >= 11 is 0. The summed E-state index contributed by atoms with van der Waals surface area (Å²) in [5.41, 5.74) is 1.23. The third-order valence-electron chi connectivity index (χ3n) is 2.52. The lowest BCUT2D eigenvalue weighted by atomic mass is 10.1. The summed E-state index contributed by atoms with van der Waals surface area (Å²) in [5, 5.41) is 9.65. The van der Waals surface area contributed by atoms with Crippen LogP contribution in [0, 0.1) is 6.92 Å². The molecule has 0 radical (unpaired) electrons. The van der Waals surface area contributed by atoms with Crippen LogP contribution in [0.1, 0.15) is 29.8 Å². The second-order valence-corrected chi connectivity index (χ2v) is 3.45. The molecule has 1 amide bonds. The fraction of sp³-hybridized carbons (Fsp3) is 0.417. The van der Waals surface area contributed by atoms with Crippen LogP contribution < -0.4 is 0 Å². The zero-order valence-corrected chi connectivity index (χ0v) is 9.45. The van der Waals surface area contributed by atoms with Crippen LogP contribution in [0.4, 0.5) is 0 Å². The van der Waals surface area contributed by atoms with Gasteiger partial charge in [0.25, 0.3) is 5.91 Å². The Hall–Kier alpha value is -1.51. The van der Waals surface area contributed by atoms with Crippen LogP contribution >= 0.6 is 0 Å². The van der Waals surface area contributed by atoms with Crippen molar-refractivity contribution < 1.29 is 9.90 Å². The fourth-order valence-electron chi connectivity index (χ4n) is 1.60. The van der Waals surface area contributed by atoms with Gasteiger partial charge in [0.2, 0.25) is 0 Å². The number of hydrogen-bond donors (Lipinski definition) is 1. The van der Waals surface area contributed by atoms with Crippen molar-refractivity contribution in [2.24, 2.45) is 0 Å². The van der Waals surface area contributed by atoms with Crippen LogP contribution in [-0.4, -0.2) is 29.0 Å². The predicted octanol–water partition coefficient (Wildman–Crippen LogP) is 2.18. The number of rotatable bonds is 3. The van der Waals surface area contributed by atoms with Gasteiger partial charge in [-0.05, 0) is 32.4 Å². The van der Waals surface area contributed by atoms with Crippen molar-refractivity contribution in [3.8, 4) is 5.75 Å². The first-order valence-electron chi connectivity index (χ1n) is 5.19. The van der Waals surface area contributed by atoms with E-state index in [2.05, 4.69) is 0 Å². The summed E-state index contributed by atoms with van der Waals surface area (Å²) < 4.78 is 0. The average molecular weight is 207 g/mol. The Morgan fingerprint density at radius 3 is 2.40 bits per heavy atom. The number of amides is 1. The molecular weight excluding hydrogens is 190 g/mol. The predicted molar refractivity (Wildman–Crippen MR) is 60.1 cm³/mol. The van der Waals surface area contributed by atoms with Crippen molar-refractivity contribution in [1.29, 1.82) is 0 Å². The Labute approximate surface area is 90.3 Å². The summed E-state index contributed by atoms with van der Waals surface area (Å²) in [6.45, 7) is 7.00. The van der Waals surface area contributed by atoms with Gasteiger partial charge in [-0.25, -0.2) is 0 Å². The first kappa shape index (κ1) is 11.6. The molecule has 0 aliphatic rings. The van der Waals surface area contributed by atoms with Gasteiger partial charge in [0.15, 0.2) is 0 Å². The second kappa shape index (κ2) is 4.82. The molecule has 0 aromatic heterocycles. The summed E-state index contributed by atoms with van der Waals surface area (Å²) in [5.74, 6) is -0.0394. The van der Waals surface area contributed by atoms with E-state index in [0.717, 1.165) is 5.56 Å². The molecule has 3 nitrogen and oxygen atoms in total. The fourth-order valence-corrected chi connectivity index (χ4v) is 1.60. The van der Waals surface area contributed by atoms with Crippen LogP contribution in [0.2, 0.25) is 0 Å². The molecule has 0 bridgehead atoms. The maximum atomic E-state index is 12.0. The minimum atomic E-state index is -0.101. The van der Waals surface area contributed by atoms with E-state index < -0.39 is 0 Å². The van der Waals surface area contributed by atoms with E-state index in [4.69, 9.17) is 0 Å². The number of phenols is 1. The zero-order chi connectivity index (χ0) is 11.4. The van der Waals surface area contributed by atoms with Crippen molar-refractivity contribution in [3.63, 3.8) is 0 Å². The zero-order valence-electron chi connectivity index (χ0n) is 9.45. The molecule has 0 unspecified atom stereocenters. The Morgan fingerprint density at radius 1 is 1.33 bits per heavy atom. The SMILES string of the molecule is CCN(CC)C(=O)c1c(C)cccc1O. The molecule has 0 aliphatic heterocycles. The molecule has 1 rings (SSSR count). The maximum absolute atomic E-state index is 12.0. The molecule has 3 heteroatoms. The standard InChI is InChI=1S/C12H17NO2/c1-4-13(5-2)12(15)11-9(3)7-6-8-10(11)14/h6-8,14H,4-5H2,1-3H3. The van der Waals surface area contributed by atoms with Crippen molar-refractivity contribution in [2.75, 3.05) is 13.1 Å². The third-order valence-corrected chi connectivity index (χ3v) is 2.52. The number of carbonyl (C=O) groups excluding carboxylic acids is 1. The highest BCUT2D eigenvalue weighted by Crippen LogP contribution is 2.21. The molecule has 0 fully saturated rings. The van der Waals surface area contributed by atoms with E-state index in [1.54, 1.807) is 17.0 Å². The Kier molecular flexibility index (Phi) is 3.72. The lowest BCUT2D eigenvalue weighted by molar-refractivity contribution is 0.0769. The molecule has 1 aromatic rings. The van der Waals surface area contributed by atoms with Crippen molar-refractivity contribution >= 4 is 5.91 Å². The van der Waals surface area contributed by atoms with Gasteiger partial charge in [-0.2, -0.15) is 0 Å². The number of phenolic OH excluding ortho intramolecular Hbond substituents is 1. The van der Waals surface area contributed by atoms with Gasteiger partial charge in [-0.15, -0.1) is 0 Å². The largest absolute Gasteiger partial charge is 0.507 e. The van der Waals surface area contributed by atoms with E-state index in [-0.39, 0.29) is 11.7 Å². The maximum Gasteiger partial charge on any atom is 0.257 e. The lowest BCUT2D eigenvalue weighted by Crippen LogP contribution is -2.31. The number of aromatic hydroxyl groups is 1. The molecule has 0 atom stereocenters. The lowest BCUT2D eigenvalue weighted by Gasteiger charge is -2.20. The normalized spacial score (nSPS) is 10.1. The summed E-state index contributed by atoms with van der Waals surface area (Å²) in [7, 11) is 0. The van der Waals surface area contributed by atoms with Gasteiger partial charge in [-0.3, -0.25) is 4.79 Å². The van der Waals surface area contributed by atoms with Gasteiger partial charge in [-0.1, -0.05) is 12.1 Å². The molecule has 0 saturated carbocycles. The van der Waals surface area contributed by atoms with E-state index in [1.165, 1.54) is 0 Å². The first-order valence-corrected chi connectivity index (χ1v) is 5.19. The van der Waals surface area contributed by atoms with Crippen molar-refractivity contribution in [2.45, 2.75) is 20.8 Å². The number of nitrogens with zero attached hydrogens (tertiary/aromatic N) is 1. The number of aryl methyl sites for hydroxylation is 1. The van der Waals surface area contributed by atoms with E-state index in [9.17, 15) is 9.90 Å². The van der Waals surface area contributed by atoms with Crippen LogP contribution in [-0.2, 0) is 0 Å². The highest BCUT2D eigenvalue weighted by Gasteiger charge is 2.18. The highest BCUT2D eigenvalue weighted by atomic mass is 16.3. The van der Waals surface area contributed by atoms with Gasteiger partial charge in [0.05, 0.1) is 5.56 Å². The molecule has 82 valence electrons. The molecule has 0 heterocycles. The monoisotopic (exact) mass is 207 g/mol. The molecule has 0 saturated heterocycles. The summed E-state index contributed by atoms with van der Waals surface area (Å²) in [4.78, 5) is 13.7. The van der Waals surface area contributed by atoms with Gasteiger partial charge in [0.1, 0.15) is 5.75 Å². The van der Waals surface area contributed by atoms with E-state index >= 15 is 0 Å². The van der Waals surface area contributed by atoms with Crippen LogP contribution in [0.15, 0.2) is 18.2 Å². The van der Waals surface area contributed by atoms with Crippen LogP contribution in [0.3, 0.4) is 0 Å². The number of hydrogen-bond acceptors (Lipinski definition) is 2. The van der Waals surface area contributed by atoms with Crippen molar-refractivity contribution in [3.05, 3.63) is 29.3 Å². The van der Waals surface area contributed by atoms with Gasteiger partial charge < -0.3 is 10.0 Å². The quantitative estimate of drug-likeness (QED) is 0.825. The Bertz CT molecular complexity index is 336. The van der Waals surface area contributed by atoms with E-state index in [1.807, 2.05) is 26.8 Å². The smallest absolute Gasteiger partial charge is 0.257 e. The summed E-state index contributed by atoms with van der Waals surface area (Å²) in [6, 6.07) is 5.11. The minimum absolute atomic E-state index is 0.0619. The van der Waals surface area contributed by atoms with Gasteiger partial charge >= 0.3 is 0 Å². The molecule has 0 spiro atoms. The first-order chi connectivity index (χ1) is 7.11. The van der Waals surface area contributed by atoms with Crippen LogP contribution in [0.25, 0.3) is 0 Å². The molecular formula is C12H17NO2. The van der Waals surface area contributed by atoms with E-state index in [0.29, 0.717) is 18.7 Å². The van der Waals surface area contributed by atoms with Crippen LogP contribution in [0.5, 0.6) is 5.75 Å².